The number of nitrogens with zero attached hydrogens (tertiary/aromatic N) is 1. The summed E-state index contributed by atoms with van der Waals surface area (Å²) in [6.45, 7) is 4.31. The molecule has 2 heterocycles. The maximum atomic E-state index is 12.5. The number of hydrogen-bond acceptors (Lipinski definition) is 2. The van der Waals surface area contributed by atoms with Gasteiger partial charge in [-0.25, -0.2) is 0 Å². The van der Waals surface area contributed by atoms with Crippen molar-refractivity contribution >= 4 is 5.91 Å². The van der Waals surface area contributed by atoms with Gasteiger partial charge in [0.15, 0.2) is 0 Å². The van der Waals surface area contributed by atoms with Crippen molar-refractivity contribution in [2.45, 2.75) is 38.8 Å². The third-order valence-corrected chi connectivity index (χ3v) is 4.56. The van der Waals surface area contributed by atoms with Crippen LogP contribution >= 0.6 is 0 Å². The first-order valence-electron chi connectivity index (χ1n) is 7.62. The molecule has 0 aromatic rings. The highest BCUT2D eigenvalue weighted by molar-refractivity contribution is 5.76. The van der Waals surface area contributed by atoms with E-state index in [1.807, 2.05) is 0 Å². The highest BCUT2D eigenvalue weighted by Crippen LogP contribution is 2.30. The molecular weight excluding hydrogens is 281 g/mol. The first-order chi connectivity index (χ1) is 9.88. The van der Waals surface area contributed by atoms with Crippen molar-refractivity contribution in [2.24, 2.45) is 11.8 Å². The van der Waals surface area contributed by atoms with Gasteiger partial charge in [0, 0.05) is 25.1 Å². The minimum absolute atomic E-state index is 0.0226. The summed E-state index contributed by atoms with van der Waals surface area (Å²) in [7, 11) is 0. The first-order valence-corrected chi connectivity index (χ1v) is 7.62. The Morgan fingerprint density at radius 2 is 2.29 bits per heavy atom. The van der Waals surface area contributed by atoms with Crippen molar-refractivity contribution in [1.82, 2.24) is 10.2 Å². The summed E-state index contributed by atoms with van der Waals surface area (Å²) in [5, 5.41) is 3.33. The van der Waals surface area contributed by atoms with Gasteiger partial charge in [-0.1, -0.05) is 13.0 Å². The molecule has 0 aromatic heterocycles. The van der Waals surface area contributed by atoms with Crippen LogP contribution < -0.4 is 5.32 Å². The lowest BCUT2D eigenvalue weighted by Crippen LogP contribution is -2.39. The van der Waals surface area contributed by atoms with Crippen molar-refractivity contribution < 1.29 is 18.0 Å². The van der Waals surface area contributed by atoms with E-state index >= 15 is 0 Å². The van der Waals surface area contributed by atoms with Crippen molar-refractivity contribution in [3.05, 3.63) is 11.6 Å². The van der Waals surface area contributed by atoms with Crippen LogP contribution in [0.2, 0.25) is 0 Å². The topological polar surface area (TPSA) is 32.3 Å². The van der Waals surface area contributed by atoms with Gasteiger partial charge in [0.25, 0.3) is 0 Å². The maximum Gasteiger partial charge on any atom is 0.412 e. The number of alkyl halides is 3. The van der Waals surface area contributed by atoms with Gasteiger partial charge < -0.3 is 10.2 Å². The predicted octanol–water partition coefficient (Wildman–Crippen LogP) is 2.73. The molecule has 120 valence electrons. The largest absolute Gasteiger partial charge is 0.412 e. The van der Waals surface area contributed by atoms with Crippen molar-refractivity contribution in [2.75, 3.05) is 26.2 Å². The number of carbonyl (C=O) groups excluding carboxylic acids is 1. The van der Waals surface area contributed by atoms with E-state index in [-0.39, 0.29) is 31.3 Å². The number of hydrogen-bond donors (Lipinski definition) is 1. The molecule has 2 atom stereocenters. The number of amides is 1. The third-order valence-electron chi connectivity index (χ3n) is 4.56. The summed E-state index contributed by atoms with van der Waals surface area (Å²) in [5.41, 5.74) is -0.504. The molecule has 1 amide bonds. The molecule has 3 nitrogen and oxygen atoms in total. The van der Waals surface area contributed by atoms with Gasteiger partial charge in [0.2, 0.25) is 5.91 Å². The Labute approximate surface area is 123 Å². The zero-order chi connectivity index (χ0) is 15.5. The van der Waals surface area contributed by atoms with Crippen molar-refractivity contribution in [3.8, 4) is 0 Å². The quantitative estimate of drug-likeness (QED) is 0.813. The smallest absolute Gasteiger partial charge is 0.339 e. The van der Waals surface area contributed by atoms with E-state index in [1.165, 1.54) is 0 Å². The number of halogens is 3. The minimum Gasteiger partial charge on any atom is -0.339 e. The second-order valence-corrected chi connectivity index (χ2v) is 6.10. The third kappa shape index (κ3) is 4.46. The molecular formula is C15H23F3N2O. The molecule has 1 fully saturated rings. The van der Waals surface area contributed by atoms with Crippen LogP contribution in [-0.4, -0.2) is 43.2 Å². The molecule has 1 saturated heterocycles. The molecule has 1 N–H and O–H groups in total. The molecule has 0 aromatic carbocycles. The van der Waals surface area contributed by atoms with Crippen LogP contribution in [0.1, 0.15) is 32.6 Å². The highest BCUT2D eigenvalue weighted by Gasteiger charge is 2.35. The molecule has 21 heavy (non-hydrogen) atoms. The van der Waals surface area contributed by atoms with Gasteiger partial charge in [0.1, 0.15) is 0 Å². The van der Waals surface area contributed by atoms with Crippen molar-refractivity contribution in [3.63, 3.8) is 0 Å². The average Bonchev–Trinajstić information content (AvgIpc) is 2.47. The molecule has 0 saturated carbocycles. The highest BCUT2D eigenvalue weighted by atomic mass is 19.4. The van der Waals surface area contributed by atoms with Crippen LogP contribution in [0.4, 0.5) is 13.2 Å². The van der Waals surface area contributed by atoms with Gasteiger partial charge in [-0.15, -0.1) is 0 Å². The van der Waals surface area contributed by atoms with Crippen LogP contribution in [-0.2, 0) is 4.79 Å². The van der Waals surface area contributed by atoms with Gasteiger partial charge in [-0.3, -0.25) is 4.79 Å². The van der Waals surface area contributed by atoms with E-state index in [0.29, 0.717) is 12.3 Å². The summed E-state index contributed by atoms with van der Waals surface area (Å²) in [4.78, 5) is 13.7. The van der Waals surface area contributed by atoms with Crippen LogP contribution in [0.3, 0.4) is 0 Å². The predicted molar refractivity (Wildman–Crippen MR) is 74.7 cm³/mol. The summed E-state index contributed by atoms with van der Waals surface area (Å²) in [6, 6.07) is 0. The fourth-order valence-corrected chi connectivity index (χ4v) is 3.09. The lowest BCUT2D eigenvalue weighted by Gasteiger charge is -2.31. The zero-order valence-electron chi connectivity index (χ0n) is 12.4. The van der Waals surface area contributed by atoms with Gasteiger partial charge in [-0.05, 0) is 44.2 Å². The Morgan fingerprint density at radius 3 is 2.81 bits per heavy atom. The zero-order valence-corrected chi connectivity index (χ0v) is 12.4. The molecule has 0 spiro atoms. The molecule has 2 aliphatic rings. The van der Waals surface area contributed by atoms with Gasteiger partial charge >= 0.3 is 6.18 Å². The number of piperidine rings is 1. The first kappa shape index (κ1) is 16.3. The van der Waals surface area contributed by atoms with Crippen molar-refractivity contribution in [1.29, 1.82) is 0 Å². The van der Waals surface area contributed by atoms with Crippen LogP contribution in [0.25, 0.3) is 0 Å². The molecule has 6 heteroatoms. The van der Waals surface area contributed by atoms with E-state index in [4.69, 9.17) is 0 Å². The summed E-state index contributed by atoms with van der Waals surface area (Å²) in [6.07, 6.45) is -0.509. The standard InChI is InChI=1S/C15H23F3N2O/c1-11(12-3-2-6-19-10-12)9-14(21)20-7-4-13(5-8-20)15(16,17)18/h4,11-12,19H,2-3,5-10H2,1H3. The Morgan fingerprint density at radius 1 is 1.52 bits per heavy atom. The summed E-state index contributed by atoms with van der Waals surface area (Å²) >= 11 is 0. The van der Waals surface area contributed by atoms with Crippen LogP contribution in [0, 0.1) is 11.8 Å². The van der Waals surface area contributed by atoms with E-state index in [2.05, 4.69) is 12.2 Å². The Hall–Kier alpha value is -1.04. The van der Waals surface area contributed by atoms with E-state index < -0.39 is 11.7 Å². The second-order valence-electron chi connectivity index (χ2n) is 6.10. The minimum atomic E-state index is -4.25. The molecule has 2 rings (SSSR count). The van der Waals surface area contributed by atoms with Crippen LogP contribution in [0.5, 0.6) is 0 Å². The number of rotatable bonds is 3. The lowest BCUT2D eigenvalue weighted by molar-refractivity contribution is -0.133. The maximum absolute atomic E-state index is 12.5. The molecule has 2 unspecified atom stereocenters. The second kappa shape index (κ2) is 6.81. The Balaban J connectivity index is 1.83. The lowest BCUT2D eigenvalue weighted by atomic mass is 9.85. The molecule has 0 bridgehead atoms. The fourth-order valence-electron chi connectivity index (χ4n) is 3.09. The average molecular weight is 304 g/mol. The van der Waals surface area contributed by atoms with Gasteiger partial charge in [0.05, 0.1) is 0 Å². The fraction of sp³-hybridized carbons (Fsp3) is 0.800. The summed E-state index contributed by atoms with van der Waals surface area (Å²) < 4.78 is 37.6. The number of nitrogens with one attached hydrogen (secondary N) is 1. The number of carbonyl (C=O) groups is 1. The van der Waals surface area contributed by atoms with E-state index in [1.54, 1.807) is 4.90 Å². The molecule has 0 radical (unpaired) electrons. The normalized spacial score (nSPS) is 25.4. The Kier molecular flexibility index (Phi) is 5.30. The van der Waals surface area contributed by atoms with E-state index in [9.17, 15) is 18.0 Å². The monoisotopic (exact) mass is 304 g/mol. The van der Waals surface area contributed by atoms with Gasteiger partial charge in [-0.2, -0.15) is 13.2 Å². The molecule has 0 aliphatic carbocycles. The van der Waals surface area contributed by atoms with Crippen LogP contribution in [0.15, 0.2) is 11.6 Å². The SMILES string of the molecule is CC(CC(=O)N1CC=C(C(F)(F)F)CC1)C1CCCNC1. The Bertz CT molecular complexity index is 400. The summed E-state index contributed by atoms with van der Waals surface area (Å²) in [5.74, 6) is 0.748. The molecule has 2 aliphatic heterocycles. The van der Waals surface area contributed by atoms with E-state index in [0.717, 1.165) is 32.0 Å².